The van der Waals surface area contributed by atoms with E-state index in [2.05, 4.69) is 13.0 Å². The van der Waals surface area contributed by atoms with E-state index in [-0.39, 0.29) is 17.6 Å². The second-order valence-electron chi connectivity index (χ2n) is 8.52. The minimum Gasteiger partial charge on any atom is -0.504 e. The average molecular weight is 401 g/mol. The lowest BCUT2D eigenvalue weighted by atomic mass is 9.60. The van der Waals surface area contributed by atoms with Gasteiger partial charge in [0.05, 0.1) is 6.61 Å². The monoisotopic (exact) mass is 400 g/mol. The molecule has 0 spiro atoms. The molecule has 4 nitrogen and oxygen atoms in total. The molecule has 0 amide bonds. The van der Waals surface area contributed by atoms with Crippen molar-refractivity contribution in [3.05, 3.63) is 46.8 Å². The first-order valence-electron chi connectivity index (χ1n) is 11.0. The van der Waals surface area contributed by atoms with E-state index in [0.717, 1.165) is 24.8 Å². The Labute approximate surface area is 175 Å². The van der Waals surface area contributed by atoms with Crippen LogP contribution in [0.2, 0.25) is 0 Å². The van der Waals surface area contributed by atoms with E-state index in [1.54, 1.807) is 6.08 Å². The normalized spacial score (nSPS) is 23.5. The highest BCUT2D eigenvalue weighted by Crippen LogP contribution is 2.51. The van der Waals surface area contributed by atoms with Crippen molar-refractivity contribution in [3.8, 4) is 0 Å². The van der Waals surface area contributed by atoms with Crippen LogP contribution in [-0.4, -0.2) is 23.5 Å². The Morgan fingerprint density at radius 2 is 1.93 bits per heavy atom. The van der Waals surface area contributed by atoms with Crippen LogP contribution in [0.3, 0.4) is 0 Å². The van der Waals surface area contributed by atoms with Gasteiger partial charge in [-0.3, -0.25) is 9.59 Å². The first kappa shape index (κ1) is 23.2. The third-order valence-electron chi connectivity index (χ3n) is 6.07. The zero-order chi connectivity index (χ0) is 21.4. The van der Waals surface area contributed by atoms with Gasteiger partial charge in [-0.2, -0.15) is 0 Å². The molecule has 2 aliphatic carbocycles. The van der Waals surface area contributed by atoms with Gasteiger partial charge in [0.25, 0.3) is 0 Å². The minimum atomic E-state index is -1.09. The Balaban J connectivity index is 2.22. The van der Waals surface area contributed by atoms with Crippen molar-refractivity contribution in [2.24, 2.45) is 11.3 Å². The average Bonchev–Trinajstić information content (AvgIpc) is 2.69. The van der Waals surface area contributed by atoms with Crippen LogP contribution in [0.25, 0.3) is 0 Å². The van der Waals surface area contributed by atoms with Crippen LogP contribution in [0.4, 0.5) is 0 Å². The topological polar surface area (TPSA) is 63.6 Å². The van der Waals surface area contributed by atoms with Crippen molar-refractivity contribution >= 4 is 11.8 Å². The van der Waals surface area contributed by atoms with Crippen molar-refractivity contribution in [2.75, 3.05) is 6.61 Å². The number of carbonyl (C=O) groups excluding carboxylic acids is 2. The number of fused-ring (bicyclic) bond motifs is 1. The predicted octanol–water partition coefficient (Wildman–Crippen LogP) is 6.15. The molecule has 160 valence electrons. The van der Waals surface area contributed by atoms with E-state index in [1.165, 1.54) is 30.9 Å². The van der Waals surface area contributed by atoms with E-state index < -0.39 is 11.2 Å². The molecule has 0 saturated carbocycles. The lowest BCUT2D eigenvalue weighted by molar-refractivity contribution is -0.153. The second kappa shape index (κ2) is 10.6. The number of aliphatic hydroxyl groups excluding tert-OH is 1. The fourth-order valence-electron chi connectivity index (χ4n) is 4.31. The number of ether oxygens (including phenoxy) is 1. The summed E-state index contributed by atoms with van der Waals surface area (Å²) in [4.78, 5) is 25.4. The van der Waals surface area contributed by atoms with Gasteiger partial charge < -0.3 is 9.84 Å². The van der Waals surface area contributed by atoms with Gasteiger partial charge in [0.2, 0.25) is 5.78 Å². The number of carbonyl (C=O) groups is 2. The number of rotatable bonds is 10. The Morgan fingerprint density at radius 1 is 1.24 bits per heavy atom. The summed E-state index contributed by atoms with van der Waals surface area (Å²) < 4.78 is 5.72. The molecule has 0 aromatic heterocycles. The molecule has 0 saturated heterocycles. The Hall–Kier alpha value is -2.10. The van der Waals surface area contributed by atoms with Gasteiger partial charge in [-0.25, -0.2) is 0 Å². The van der Waals surface area contributed by atoms with Gasteiger partial charge >= 0.3 is 5.97 Å². The fourth-order valence-corrected chi connectivity index (χ4v) is 4.31. The number of allylic oxidation sites excluding steroid dienone is 5. The molecule has 0 fully saturated rings. The molecule has 4 heteroatoms. The van der Waals surface area contributed by atoms with Gasteiger partial charge in [-0.1, -0.05) is 68.4 Å². The van der Waals surface area contributed by atoms with Crippen LogP contribution in [-0.2, 0) is 14.3 Å². The highest BCUT2D eigenvalue weighted by molar-refractivity contribution is 6.06. The molecule has 0 aliphatic heterocycles. The van der Waals surface area contributed by atoms with E-state index >= 15 is 0 Å². The second-order valence-corrected chi connectivity index (χ2v) is 8.52. The molecular weight excluding hydrogens is 364 g/mol. The lowest BCUT2D eigenvalue weighted by Crippen LogP contribution is -2.45. The SMILES string of the molecule is CCCCCCCCOC(=O)[C@@]12C=CC(=O)C(O)=C1CC=C(C)[C@@H]2CC=C(C)C. The standard InChI is InChI=1S/C25H36O4/c1-5-6-7-8-9-10-17-29-24(28)25-16-15-22(26)23(27)21(25)14-12-19(4)20(25)13-11-18(2)3/h11-12,15-16,20,27H,5-10,13-14,17H2,1-4H3/t20-,25+/m0/s1. The van der Waals surface area contributed by atoms with Crippen molar-refractivity contribution in [2.45, 2.75) is 79.1 Å². The van der Waals surface area contributed by atoms with Gasteiger partial charge in [0.15, 0.2) is 5.76 Å². The van der Waals surface area contributed by atoms with Crippen LogP contribution < -0.4 is 0 Å². The molecule has 0 radical (unpaired) electrons. The molecule has 2 rings (SSSR count). The highest BCUT2D eigenvalue weighted by atomic mass is 16.5. The summed E-state index contributed by atoms with van der Waals surface area (Å²) in [6, 6.07) is 0. The summed E-state index contributed by atoms with van der Waals surface area (Å²) in [6.07, 6.45) is 14.9. The summed E-state index contributed by atoms with van der Waals surface area (Å²) in [5.41, 5.74) is 1.65. The molecule has 1 N–H and O–H groups in total. The first-order chi connectivity index (χ1) is 13.8. The molecule has 0 heterocycles. The number of esters is 1. The number of unbranched alkanes of at least 4 members (excludes halogenated alkanes) is 5. The summed E-state index contributed by atoms with van der Waals surface area (Å²) >= 11 is 0. The van der Waals surface area contributed by atoms with Crippen LogP contribution >= 0.6 is 0 Å². The zero-order valence-corrected chi connectivity index (χ0v) is 18.4. The van der Waals surface area contributed by atoms with Gasteiger partial charge in [-0.05, 0) is 46.1 Å². The van der Waals surface area contributed by atoms with Crippen molar-refractivity contribution < 1.29 is 19.4 Å². The number of ketones is 1. The van der Waals surface area contributed by atoms with Crippen molar-refractivity contribution in [1.82, 2.24) is 0 Å². The molecule has 0 unspecified atom stereocenters. The van der Waals surface area contributed by atoms with E-state index in [4.69, 9.17) is 4.74 Å². The largest absolute Gasteiger partial charge is 0.504 e. The summed E-state index contributed by atoms with van der Waals surface area (Å²) in [5.74, 6) is -1.25. The molecular formula is C25H36O4. The molecule has 0 bridgehead atoms. The highest BCUT2D eigenvalue weighted by Gasteiger charge is 2.53. The number of hydrogen-bond donors (Lipinski definition) is 1. The van der Waals surface area contributed by atoms with Crippen molar-refractivity contribution in [3.63, 3.8) is 0 Å². The van der Waals surface area contributed by atoms with E-state index in [9.17, 15) is 14.7 Å². The maximum atomic E-state index is 13.4. The zero-order valence-electron chi connectivity index (χ0n) is 18.4. The summed E-state index contributed by atoms with van der Waals surface area (Å²) in [7, 11) is 0. The Kier molecular flexibility index (Phi) is 8.48. The summed E-state index contributed by atoms with van der Waals surface area (Å²) in [6.45, 7) is 8.64. The van der Waals surface area contributed by atoms with E-state index in [0.29, 0.717) is 25.0 Å². The maximum Gasteiger partial charge on any atom is 0.320 e. The van der Waals surface area contributed by atoms with Gasteiger partial charge in [0.1, 0.15) is 5.41 Å². The number of hydrogen-bond acceptors (Lipinski definition) is 4. The third kappa shape index (κ3) is 5.29. The first-order valence-corrected chi connectivity index (χ1v) is 11.0. The lowest BCUT2D eigenvalue weighted by Gasteiger charge is -2.43. The molecule has 29 heavy (non-hydrogen) atoms. The molecule has 2 atom stereocenters. The third-order valence-corrected chi connectivity index (χ3v) is 6.07. The minimum absolute atomic E-state index is 0.162. The van der Waals surface area contributed by atoms with Crippen LogP contribution in [0.1, 0.15) is 79.1 Å². The Morgan fingerprint density at radius 3 is 2.62 bits per heavy atom. The van der Waals surface area contributed by atoms with E-state index in [1.807, 2.05) is 26.8 Å². The van der Waals surface area contributed by atoms with Crippen LogP contribution in [0.5, 0.6) is 0 Å². The van der Waals surface area contributed by atoms with Crippen LogP contribution in [0.15, 0.2) is 46.8 Å². The molecule has 0 aromatic carbocycles. The maximum absolute atomic E-state index is 13.4. The fraction of sp³-hybridized carbons (Fsp3) is 0.600. The number of aliphatic hydroxyl groups is 1. The smallest absolute Gasteiger partial charge is 0.320 e. The van der Waals surface area contributed by atoms with Crippen LogP contribution in [0, 0.1) is 11.3 Å². The summed E-state index contributed by atoms with van der Waals surface area (Å²) in [5, 5.41) is 10.5. The van der Waals surface area contributed by atoms with Crippen molar-refractivity contribution in [1.29, 1.82) is 0 Å². The van der Waals surface area contributed by atoms with Gasteiger partial charge in [-0.15, -0.1) is 0 Å². The quantitative estimate of drug-likeness (QED) is 0.271. The molecule has 0 aromatic rings. The molecule has 2 aliphatic rings. The predicted molar refractivity (Wildman–Crippen MR) is 116 cm³/mol. The van der Waals surface area contributed by atoms with Gasteiger partial charge in [0, 0.05) is 11.5 Å². The Bertz CT molecular complexity index is 734.